The van der Waals surface area contributed by atoms with E-state index in [0.29, 0.717) is 11.3 Å². The van der Waals surface area contributed by atoms with Gasteiger partial charge in [0.2, 0.25) is 0 Å². The lowest BCUT2D eigenvalue weighted by atomic mass is 10.1. The monoisotopic (exact) mass is 299 g/mol. The van der Waals surface area contributed by atoms with Crippen molar-refractivity contribution >= 4 is 11.8 Å². The molecule has 0 bridgehead atoms. The number of rotatable bonds is 4. The van der Waals surface area contributed by atoms with Gasteiger partial charge in [-0.05, 0) is 23.8 Å². The van der Waals surface area contributed by atoms with E-state index in [2.05, 4.69) is 9.97 Å². The molecule has 0 aliphatic heterocycles. The maximum Gasteiger partial charge on any atom is 0.416 e. The number of hydrogen-bond donors (Lipinski definition) is 1. The first-order valence-electron chi connectivity index (χ1n) is 5.78. The van der Waals surface area contributed by atoms with Gasteiger partial charge in [0.05, 0.1) is 10.6 Å². The zero-order valence-electron chi connectivity index (χ0n) is 10.3. The maximum absolute atomic E-state index is 12.4. The lowest BCUT2D eigenvalue weighted by molar-refractivity contribution is -0.137. The molecule has 1 heterocycles. The van der Waals surface area contributed by atoms with Crippen LogP contribution in [0.1, 0.15) is 17.2 Å². The van der Waals surface area contributed by atoms with Crippen LogP contribution >= 0.6 is 11.8 Å². The highest BCUT2D eigenvalue weighted by molar-refractivity contribution is 7.99. The van der Waals surface area contributed by atoms with Gasteiger partial charge in [0.1, 0.15) is 6.33 Å². The Labute approximate surface area is 118 Å². The molecule has 0 aliphatic rings. The summed E-state index contributed by atoms with van der Waals surface area (Å²) in [6, 6.07) is 6.32. The second kappa shape index (κ2) is 6.23. The largest absolute Gasteiger partial charge is 0.416 e. The lowest BCUT2D eigenvalue weighted by Crippen LogP contribution is -2.13. The van der Waals surface area contributed by atoms with E-state index in [1.54, 1.807) is 12.3 Å². The van der Waals surface area contributed by atoms with Crippen LogP contribution in [0, 0.1) is 0 Å². The Bertz CT molecular complexity index is 543. The summed E-state index contributed by atoms with van der Waals surface area (Å²) < 4.78 is 37.3. The van der Waals surface area contributed by atoms with E-state index >= 15 is 0 Å². The van der Waals surface area contributed by atoms with Gasteiger partial charge in [-0.3, -0.25) is 0 Å². The molecule has 0 amide bonds. The van der Waals surface area contributed by atoms with Gasteiger partial charge in [0.15, 0.2) is 0 Å². The summed E-state index contributed by atoms with van der Waals surface area (Å²) in [5.74, 6) is 0.530. The molecule has 3 nitrogen and oxygen atoms in total. The van der Waals surface area contributed by atoms with Crippen LogP contribution < -0.4 is 5.73 Å². The van der Waals surface area contributed by atoms with Gasteiger partial charge in [-0.2, -0.15) is 13.2 Å². The standard InChI is InChI=1S/C13H12F3N3S/c14-13(15,16)10-3-1-9(2-4-10)11(17)7-20-12-5-6-18-8-19-12/h1-6,8,11H,7,17H2. The quantitative estimate of drug-likeness (QED) is 0.695. The molecule has 106 valence electrons. The number of alkyl halides is 3. The van der Waals surface area contributed by atoms with Crippen molar-refractivity contribution in [3.63, 3.8) is 0 Å². The second-order valence-corrected chi connectivity index (χ2v) is 5.13. The third-order valence-electron chi connectivity index (χ3n) is 2.63. The molecule has 2 aromatic rings. The normalized spacial score (nSPS) is 13.2. The number of nitrogens with two attached hydrogens (primary N) is 1. The molecule has 1 aromatic heterocycles. The van der Waals surface area contributed by atoms with Crippen molar-refractivity contribution in [2.45, 2.75) is 17.2 Å². The van der Waals surface area contributed by atoms with E-state index in [0.717, 1.165) is 17.2 Å². The molecule has 0 aliphatic carbocycles. The summed E-state index contributed by atoms with van der Waals surface area (Å²) in [4.78, 5) is 7.84. The third-order valence-corrected chi connectivity index (χ3v) is 3.69. The van der Waals surface area contributed by atoms with Crippen LogP contribution in [0.25, 0.3) is 0 Å². The highest BCUT2D eigenvalue weighted by atomic mass is 32.2. The molecule has 0 spiro atoms. The smallest absolute Gasteiger partial charge is 0.323 e. The Balaban J connectivity index is 1.97. The lowest BCUT2D eigenvalue weighted by Gasteiger charge is -2.13. The molecule has 1 atom stereocenters. The molecule has 1 aromatic carbocycles. The maximum atomic E-state index is 12.4. The van der Waals surface area contributed by atoms with Gasteiger partial charge < -0.3 is 5.73 Å². The van der Waals surface area contributed by atoms with Crippen molar-refractivity contribution < 1.29 is 13.2 Å². The SMILES string of the molecule is NC(CSc1ccncn1)c1ccc(C(F)(F)F)cc1. The zero-order valence-corrected chi connectivity index (χ0v) is 11.2. The topological polar surface area (TPSA) is 51.8 Å². The molecule has 20 heavy (non-hydrogen) atoms. The summed E-state index contributed by atoms with van der Waals surface area (Å²) in [5, 5.41) is 0.780. The first-order chi connectivity index (χ1) is 9.47. The molecular formula is C13H12F3N3S. The Kier molecular flexibility index (Phi) is 4.61. The number of aromatic nitrogens is 2. The highest BCUT2D eigenvalue weighted by Gasteiger charge is 2.30. The van der Waals surface area contributed by atoms with Crippen LogP contribution in [0.3, 0.4) is 0 Å². The summed E-state index contributed by atoms with van der Waals surface area (Å²) in [6.07, 6.45) is -1.26. The van der Waals surface area contributed by atoms with E-state index in [4.69, 9.17) is 5.73 Å². The van der Waals surface area contributed by atoms with Gasteiger partial charge in [-0.25, -0.2) is 9.97 Å². The van der Waals surface area contributed by atoms with Crippen LogP contribution in [0.2, 0.25) is 0 Å². The molecule has 2 rings (SSSR count). The van der Waals surface area contributed by atoms with Crippen LogP contribution in [0.4, 0.5) is 13.2 Å². The van der Waals surface area contributed by atoms with Crippen LogP contribution in [0.15, 0.2) is 47.9 Å². The van der Waals surface area contributed by atoms with Gasteiger partial charge in [-0.1, -0.05) is 12.1 Å². The van der Waals surface area contributed by atoms with E-state index in [9.17, 15) is 13.2 Å². The minimum absolute atomic E-state index is 0.350. The molecule has 0 saturated carbocycles. The molecule has 0 radical (unpaired) electrons. The van der Waals surface area contributed by atoms with Crippen molar-refractivity contribution in [1.82, 2.24) is 9.97 Å². The molecule has 1 unspecified atom stereocenters. The van der Waals surface area contributed by atoms with Crippen LogP contribution in [-0.2, 0) is 6.18 Å². The zero-order chi connectivity index (χ0) is 14.6. The fraction of sp³-hybridized carbons (Fsp3) is 0.231. The Morgan fingerprint density at radius 1 is 1.15 bits per heavy atom. The summed E-state index contributed by atoms with van der Waals surface area (Å²) in [7, 11) is 0. The molecule has 0 saturated heterocycles. The summed E-state index contributed by atoms with van der Waals surface area (Å²) in [5.41, 5.74) is 5.95. The van der Waals surface area contributed by atoms with Crippen molar-refractivity contribution in [2.75, 3.05) is 5.75 Å². The first-order valence-corrected chi connectivity index (χ1v) is 6.77. The molecule has 7 heteroatoms. The van der Waals surface area contributed by atoms with Gasteiger partial charge in [-0.15, -0.1) is 11.8 Å². The van der Waals surface area contributed by atoms with Crippen molar-refractivity contribution in [3.05, 3.63) is 54.0 Å². The van der Waals surface area contributed by atoms with Crippen molar-refractivity contribution in [3.8, 4) is 0 Å². The van der Waals surface area contributed by atoms with Crippen molar-refractivity contribution in [1.29, 1.82) is 0 Å². The number of benzene rings is 1. The Morgan fingerprint density at radius 3 is 2.40 bits per heavy atom. The van der Waals surface area contributed by atoms with Gasteiger partial charge in [0.25, 0.3) is 0 Å². The number of thioether (sulfide) groups is 1. The molecule has 0 fully saturated rings. The first kappa shape index (κ1) is 14.8. The van der Waals surface area contributed by atoms with E-state index < -0.39 is 11.7 Å². The number of nitrogens with zero attached hydrogens (tertiary/aromatic N) is 2. The van der Waals surface area contributed by atoms with Gasteiger partial charge in [0, 0.05) is 18.0 Å². The summed E-state index contributed by atoms with van der Waals surface area (Å²) in [6.45, 7) is 0. The number of hydrogen-bond acceptors (Lipinski definition) is 4. The van der Waals surface area contributed by atoms with E-state index in [1.165, 1.54) is 30.2 Å². The van der Waals surface area contributed by atoms with Crippen LogP contribution in [0.5, 0.6) is 0 Å². The summed E-state index contributed by atoms with van der Waals surface area (Å²) >= 11 is 1.43. The van der Waals surface area contributed by atoms with E-state index in [1.807, 2.05) is 0 Å². The van der Waals surface area contributed by atoms with Crippen LogP contribution in [-0.4, -0.2) is 15.7 Å². The minimum Gasteiger partial charge on any atom is -0.323 e. The second-order valence-electron chi connectivity index (χ2n) is 4.08. The van der Waals surface area contributed by atoms with Crippen molar-refractivity contribution in [2.24, 2.45) is 5.73 Å². The molecular weight excluding hydrogens is 287 g/mol. The number of halogens is 3. The van der Waals surface area contributed by atoms with E-state index in [-0.39, 0.29) is 6.04 Å². The Morgan fingerprint density at radius 2 is 1.85 bits per heavy atom. The third kappa shape index (κ3) is 3.94. The predicted octanol–water partition coefficient (Wildman–Crippen LogP) is 3.29. The fourth-order valence-electron chi connectivity index (χ4n) is 1.55. The average molecular weight is 299 g/mol. The Hall–Kier alpha value is -1.60. The average Bonchev–Trinajstić information content (AvgIpc) is 2.45. The molecule has 2 N–H and O–H groups in total. The fourth-order valence-corrected chi connectivity index (χ4v) is 2.38. The predicted molar refractivity (Wildman–Crippen MR) is 71.1 cm³/mol. The highest BCUT2D eigenvalue weighted by Crippen LogP contribution is 2.30. The minimum atomic E-state index is -4.32. The van der Waals surface area contributed by atoms with Gasteiger partial charge >= 0.3 is 6.18 Å².